The van der Waals surface area contributed by atoms with Crippen molar-refractivity contribution < 1.29 is 13.6 Å². The number of amides is 1. The van der Waals surface area contributed by atoms with E-state index in [1.165, 1.54) is 0 Å². The van der Waals surface area contributed by atoms with E-state index in [-0.39, 0.29) is 5.91 Å². The molecule has 1 N–H and O–H groups in total. The second-order valence-corrected chi connectivity index (χ2v) is 5.05. The van der Waals surface area contributed by atoms with Crippen LogP contribution in [0.5, 0.6) is 0 Å². The SMILES string of the molecule is CCN1C(=O)c2cccc3c(S(=O)O)ccc1c23. The summed E-state index contributed by atoms with van der Waals surface area (Å²) in [6, 6.07) is 8.63. The van der Waals surface area contributed by atoms with Crippen LogP contribution >= 0.6 is 0 Å². The van der Waals surface area contributed by atoms with E-state index in [9.17, 15) is 13.6 Å². The molecule has 0 radical (unpaired) electrons. The van der Waals surface area contributed by atoms with Gasteiger partial charge in [-0.2, -0.15) is 0 Å². The summed E-state index contributed by atoms with van der Waals surface area (Å²) in [7, 11) is 0. The monoisotopic (exact) mass is 261 g/mol. The second-order valence-electron chi connectivity index (χ2n) is 4.11. The molecule has 1 amide bonds. The molecule has 1 aliphatic rings. The summed E-state index contributed by atoms with van der Waals surface area (Å²) in [5.41, 5.74) is 1.43. The Bertz CT molecular complexity index is 696. The summed E-state index contributed by atoms with van der Waals surface area (Å²) < 4.78 is 20.6. The van der Waals surface area contributed by atoms with Crippen LogP contribution in [0.25, 0.3) is 10.8 Å². The number of hydrogen-bond donors (Lipinski definition) is 1. The molecular weight excluding hydrogens is 250 g/mol. The fourth-order valence-electron chi connectivity index (χ4n) is 2.49. The highest BCUT2D eigenvalue weighted by Crippen LogP contribution is 2.39. The fourth-order valence-corrected chi connectivity index (χ4v) is 3.03. The van der Waals surface area contributed by atoms with Crippen molar-refractivity contribution in [1.82, 2.24) is 0 Å². The van der Waals surface area contributed by atoms with Gasteiger partial charge in [0.25, 0.3) is 5.91 Å². The van der Waals surface area contributed by atoms with E-state index in [4.69, 9.17) is 0 Å². The van der Waals surface area contributed by atoms with Gasteiger partial charge < -0.3 is 9.45 Å². The maximum atomic E-state index is 12.2. The van der Waals surface area contributed by atoms with Crippen molar-refractivity contribution in [1.29, 1.82) is 0 Å². The molecule has 18 heavy (non-hydrogen) atoms. The number of anilines is 1. The molecule has 1 unspecified atom stereocenters. The maximum Gasteiger partial charge on any atom is 0.258 e. The van der Waals surface area contributed by atoms with E-state index in [1.54, 1.807) is 35.2 Å². The summed E-state index contributed by atoms with van der Waals surface area (Å²) in [6.45, 7) is 2.50. The Kier molecular flexibility index (Phi) is 2.46. The van der Waals surface area contributed by atoms with Gasteiger partial charge in [-0.25, -0.2) is 4.21 Å². The molecule has 0 bridgehead atoms. The molecule has 2 aromatic carbocycles. The zero-order chi connectivity index (χ0) is 12.9. The molecular formula is C13H11NO3S. The zero-order valence-electron chi connectivity index (χ0n) is 9.71. The first-order chi connectivity index (χ1) is 8.65. The van der Waals surface area contributed by atoms with Gasteiger partial charge in [0.15, 0.2) is 11.1 Å². The Labute approximate surface area is 107 Å². The molecule has 92 valence electrons. The Balaban J connectivity index is 2.44. The van der Waals surface area contributed by atoms with Gasteiger partial charge in [-0.05, 0) is 25.1 Å². The van der Waals surface area contributed by atoms with Crippen LogP contribution in [0.1, 0.15) is 17.3 Å². The smallest absolute Gasteiger partial charge is 0.258 e. The molecule has 1 aliphatic heterocycles. The Morgan fingerprint density at radius 3 is 2.72 bits per heavy atom. The molecule has 5 heteroatoms. The third-order valence-corrected chi connectivity index (χ3v) is 3.98. The lowest BCUT2D eigenvalue weighted by molar-refractivity contribution is 0.0994. The first kappa shape index (κ1) is 11.4. The van der Waals surface area contributed by atoms with Gasteiger partial charge in [0.1, 0.15) is 0 Å². The number of carbonyl (C=O) groups excluding carboxylic acids is 1. The minimum atomic E-state index is -2.05. The van der Waals surface area contributed by atoms with Gasteiger partial charge in [0, 0.05) is 22.9 Å². The fraction of sp³-hybridized carbons (Fsp3) is 0.154. The topological polar surface area (TPSA) is 57.6 Å². The lowest BCUT2D eigenvalue weighted by Gasteiger charge is -2.14. The van der Waals surface area contributed by atoms with Gasteiger partial charge >= 0.3 is 0 Å². The third-order valence-electron chi connectivity index (χ3n) is 3.25. The van der Waals surface area contributed by atoms with E-state index < -0.39 is 11.1 Å². The van der Waals surface area contributed by atoms with Gasteiger partial charge in [-0.1, -0.05) is 12.1 Å². The molecule has 0 aliphatic carbocycles. The largest absolute Gasteiger partial charge is 0.308 e. The van der Waals surface area contributed by atoms with Crippen LogP contribution in [0.3, 0.4) is 0 Å². The molecule has 2 aromatic rings. The molecule has 0 aromatic heterocycles. The number of nitrogens with zero attached hydrogens (tertiary/aromatic N) is 1. The lowest BCUT2D eigenvalue weighted by Crippen LogP contribution is -2.25. The Morgan fingerprint density at radius 2 is 2.06 bits per heavy atom. The van der Waals surface area contributed by atoms with Crippen molar-refractivity contribution in [3.8, 4) is 0 Å². The normalized spacial score (nSPS) is 15.4. The summed E-state index contributed by atoms with van der Waals surface area (Å²) in [4.78, 5) is 14.2. The van der Waals surface area contributed by atoms with Crippen LogP contribution in [0.4, 0.5) is 5.69 Å². The quantitative estimate of drug-likeness (QED) is 0.844. The van der Waals surface area contributed by atoms with E-state index in [1.807, 2.05) is 6.92 Å². The average molecular weight is 261 g/mol. The summed E-state index contributed by atoms with van der Waals surface area (Å²) in [5.74, 6) is -0.0426. The van der Waals surface area contributed by atoms with Crippen molar-refractivity contribution in [3.05, 3.63) is 35.9 Å². The molecule has 0 fully saturated rings. The van der Waals surface area contributed by atoms with Crippen molar-refractivity contribution in [2.75, 3.05) is 11.4 Å². The molecule has 3 rings (SSSR count). The first-order valence-corrected chi connectivity index (χ1v) is 6.74. The van der Waals surface area contributed by atoms with Crippen LogP contribution in [0.2, 0.25) is 0 Å². The average Bonchev–Trinajstić information content (AvgIpc) is 2.64. The molecule has 1 atom stereocenters. The second kappa shape index (κ2) is 3.90. The highest BCUT2D eigenvalue weighted by Gasteiger charge is 2.29. The highest BCUT2D eigenvalue weighted by molar-refractivity contribution is 7.79. The van der Waals surface area contributed by atoms with Crippen molar-refractivity contribution in [3.63, 3.8) is 0 Å². The highest BCUT2D eigenvalue weighted by atomic mass is 32.2. The van der Waals surface area contributed by atoms with Crippen LogP contribution in [-0.4, -0.2) is 21.2 Å². The molecule has 0 saturated carbocycles. The predicted octanol–water partition coefficient (Wildman–Crippen LogP) is 2.40. The van der Waals surface area contributed by atoms with Crippen LogP contribution < -0.4 is 4.90 Å². The van der Waals surface area contributed by atoms with Crippen molar-refractivity contribution in [2.45, 2.75) is 11.8 Å². The minimum Gasteiger partial charge on any atom is -0.308 e. The molecule has 1 heterocycles. The zero-order valence-corrected chi connectivity index (χ0v) is 10.5. The minimum absolute atomic E-state index is 0.0426. The first-order valence-electron chi connectivity index (χ1n) is 5.63. The Hall–Kier alpha value is -1.72. The van der Waals surface area contributed by atoms with E-state index in [2.05, 4.69) is 0 Å². The number of benzene rings is 2. The van der Waals surface area contributed by atoms with Crippen LogP contribution in [0, 0.1) is 0 Å². The third kappa shape index (κ3) is 1.34. The molecule has 4 nitrogen and oxygen atoms in total. The summed E-state index contributed by atoms with van der Waals surface area (Å²) in [5, 5.41) is 1.46. The Morgan fingerprint density at radius 1 is 1.28 bits per heavy atom. The van der Waals surface area contributed by atoms with Crippen LogP contribution in [0.15, 0.2) is 35.2 Å². The van der Waals surface area contributed by atoms with Gasteiger partial charge in [0.2, 0.25) is 0 Å². The van der Waals surface area contributed by atoms with Gasteiger partial charge in [0.05, 0.1) is 10.6 Å². The van der Waals surface area contributed by atoms with Crippen LogP contribution in [-0.2, 0) is 11.1 Å². The van der Waals surface area contributed by atoms with Gasteiger partial charge in [-0.15, -0.1) is 0 Å². The van der Waals surface area contributed by atoms with Crippen molar-refractivity contribution >= 4 is 33.4 Å². The standard InChI is InChI=1S/C13H11NO3S/c1-2-14-10-6-7-11(18(16)17)8-4-3-5-9(12(8)10)13(14)15/h3-7H,2H2,1H3,(H,16,17). The van der Waals surface area contributed by atoms with Crippen molar-refractivity contribution in [2.24, 2.45) is 0 Å². The van der Waals surface area contributed by atoms with E-state index in [0.717, 1.165) is 11.1 Å². The molecule has 0 saturated heterocycles. The lowest BCUT2D eigenvalue weighted by atomic mass is 10.1. The summed E-state index contributed by atoms with van der Waals surface area (Å²) in [6.07, 6.45) is 0. The van der Waals surface area contributed by atoms with Gasteiger partial charge in [-0.3, -0.25) is 4.79 Å². The maximum absolute atomic E-state index is 12.2. The number of carbonyl (C=O) groups is 1. The summed E-state index contributed by atoms with van der Waals surface area (Å²) >= 11 is -2.05. The number of rotatable bonds is 2. The van der Waals surface area contributed by atoms with E-state index >= 15 is 0 Å². The molecule has 0 spiro atoms. The van der Waals surface area contributed by atoms with E-state index in [0.29, 0.717) is 22.4 Å². The number of hydrogen-bond acceptors (Lipinski definition) is 2. The predicted molar refractivity (Wildman–Crippen MR) is 70.3 cm³/mol.